The molecule has 1 aromatic rings. The van der Waals surface area contributed by atoms with E-state index in [0.29, 0.717) is 5.56 Å². The lowest BCUT2D eigenvalue weighted by molar-refractivity contribution is -0.169. The molecule has 4 rings (SSSR count). The normalized spacial score (nSPS) is 30.2. The summed E-state index contributed by atoms with van der Waals surface area (Å²) in [4.78, 5) is 40.0. The molecule has 12 nitrogen and oxygen atoms in total. The van der Waals surface area contributed by atoms with Crippen LogP contribution in [0.5, 0.6) is 5.75 Å². The third-order valence-corrected chi connectivity index (χ3v) is 6.99. The van der Waals surface area contributed by atoms with Crippen LogP contribution in [0.1, 0.15) is 30.9 Å². The summed E-state index contributed by atoms with van der Waals surface area (Å²) >= 11 is 0. The van der Waals surface area contributed by atoms with E-state index >= 15 is 0 Å². The van der Waals surface area contributed by atoms with Crippen molar-refractivity contribution < 1.29 is 62.9 Å². The quantitative estimate of drug-likeness (QED) is 0.177. The SMILES string of the molecule is CCO.C[C@H]1c2cccc(O)c2C(O)=C2C(=O)[C@]3(O)C(O)=C(C(N)=O)C(=O)[C@@H](N(C)C)[C@@H]3[C@@H](O)[C@@H]21.O.[Cl-]. The summed E-state index contributed by atoms with van der Waals surface area (Å²) in [5, 5.41) is 62.5. The molecular formula is C24H32ClN2O10-. The number of ketones is 2. The highest BCUT2D eigenvalue weighted by atomic mass is 35.5. The number of fused-ring (bicyclic) bond motifs is 3. The Balaban J connectivity index is 0.00000131. The Bertz CT molecular complexity index is 1160. The molecule has 0 aliphatic heterocycles. The van der Waals surface area contributed by atoms with Gasteiger partial charge < -0.3 is 54.3 Å². The van der Waals surface area contributed by atoms with Crippen molar-refractivity contribution in [2.75, 3.05) is 20.7 Å². The maximum atomic E-state index is 13.7. The number of hydrogen-bond acceptors (Lipinski definition) is 10. The standard InChI is InChI=1S/C22H24N2O8.C2H6O.ClH.H2O/c1-7-8-5-4-6-9(25)11(8)16(26)12-10(7)17(27)14-15(24(2)3)18(28)13(21(23)31)20(30)22(14,32)19(12)29;1-2-3;;/h4-7,10,14-15,17,25-27,30,32H,1-3H3,(H2,23,31);3H,2H2,1H3;1H;1H2/p-1/t7-,10+,14+,15-,17-,22-;;;/m0.../s1. The molecule has 0 bridgehead atoms. The van der Waals surface area contributed by atoms with Crippen molar-refractivity contribution in [3.05, 3.63) is 46.2 Å². The number of benzene rings is 1. The van der Waals surface area contributed by atoms with Crippen LogP contribution in [-0.2, 0) is 14.4 Å². The number of rotatable bonds is 2. The van der Waals surface area contributed by atoms with Crippen LogP contribution in [-0.4, -0.2) is 96.9 Å². The molecule has 0 saturated heterocycles. The summed E-state index contributed by atoms with van der Waals surface area (Å²) in [6.07, 6.45) is -1.59. The Morgan fingerprint density at radius 3 is 2.19 bits per heavy atom. The fourth-order valence-corrected chi connectivity index (χ4v) is 5.58. The van der Waals surface area contributed by atoms with E-state index in [1.807, 2.05) is 0 Å². The number of primary amides is 1. The van der Waals surface area contributed by atoms with Gasteiger partial charge in [-0.05, 0) is 38.6 Å². The lowest BCUT2D eigenvalue weighted by Gasteiger charge is -2.53. The molecule has 0 heterocycles. The Kier molecular flexibility index (Phi) is 9.67. The third kappa shape index (κ3) is 4.39. The number of amides is 1. The number of nitrogens with two attached hydrogens (primary N) is 1. The molecular weight excluding hydrogens is 512 g/mol. The minimum atomic E-state index is -2.89. The number of carbonyl (C=O) groups excluding carboxylic acids is 3. The monoisotopic (exact) mass is 543 g/mol. The van der Waals surface area contributed by atoms with Crippen LogP contribution in [0.15, 0.2) is 35.1 Å². The first-order chi connectivity index (χ1) is 16.3. The van der Waals surface area contributed by atoms with Crippen molar-refractivity contribution in [1.29, 1.82) is 0 Å². The highest BCUT2D eigenvalue weighted by Crippen LogP contribution is 2.55. The smallest absolute Gasteiger partial charge is 0.255 e. The number of aliphatic hydroxyl groups is 5. The summed E-state index contributed by atoms with van der Waals surface area (Å²) in [6.45, 7) is 3.61. The van der Waals surface area contributed by atoms with Gasteiger partial charge in [0.2, 0.25) is 5.78 Å². The van der Waals surface area contributed by atoms with Gasteiger partial charge in [0.05, 0.1) is 23.6 Å². The zero-order valence-corrected chi connectivity index (χ0v) is 21.4. The Morgan fingerprint density at radius 1 is 1.16 bits per heavy atom. The van der Waals surface area contributed by atoms with E-state index in [0.717, 1.165) is 0 Å². The molecule has 10 N–H and O–H groups in total. The van der Waals surface area contributed by atoms with Crippen LogP contribution in [0.2, 0.25) is 0 Å². The van der Waals surface area contributed by atoms with Gasteiger partial charge in [-0.3, -0.25) is 19.3 Å². The van der Waals surface area contributed by atoms with Gasteiger partial charge in [0, 0.05) is 18.1 Å². The van der Waals surface area contributed by atoms with Crippen LogP contribution < -0.4 is 18.1 Å². The lowest BCUT2D eigenvalue weighted by atomic mass is 9.54. The van der Waals surface area contributed by atoms with Crippen LogP contribution in [0, 0.1) is 11.8 Å². The molecule has 0 unspecified atom stereocenters. The first kappa shape index (κ1) is 32.0. The molecule has 0 aromatic heterocycles. The molecule has 3 aliphatic rings. The van der Waals surface area contributed by atoms with E-state index in [1.165, 1.54) is 25.1 Å². The summed E-state index contributed by atoms with van der Waals surface area (Å²) in [7, 11) is 2.92. The molecule has 6 atom stereocenters. The van der Waals surface area contributed by atoms with Gasteiger partial charge >= 0.3 is 0 Å². The van der Waals surface area contributed by atoms with Crippen molar-refractivity contribution in [1.82, 2.24) is 4.90 Å². The van der Waals surface area contributed by atoms with Crippen molar-refractivity contribution in [2.45, 2.75) is 37.5 Å². The number of phenolic OH excluding ortho intramolecular Hbond substituents is 1. The largest absolute Gasteiger partial charge is 1.00 e. The Morgan fingerprint density at radius 2 is 1.70 bits per heavy atom. The summed E-state index contributed by atoms with van der Waals surface area (Å²) in [5.74, 6) is -8.87. The summed E-state index contributed by atoms with van der Waals surface area (Å²) in [6, 6.07) is 3.13. The molecule has 1 fully saturated rings. The highest BCUT2D eigenvalue weighted by molar-refractivity contribution is 6.24. The average Bonchev–Trinajstić information content (AvgIpc) is 2.76. The van der Waals surface area contributed by atoms with Gasteiger partial charge in [-0.15, -0.1) is 0 Å². The third-order valence-electron chi connectivity index (χ3n) is 6.99. The van der Waals surface area contributed by atoms with E-state index in [9.17, 15) is 39.9 Å². The van der Waals surface area contributed by atoms with E-state index in [4.69, 9.17) is 10.8 Å². The van der Waals surface area contributed by atoms with Gasteiger partial charge in [0.1, 0.15) is 22.8 Å². The van der Waals surface area contributed by atoms with Crippen LogP contribution >= 0.6 is 0 Å². The van der Waals surface area contributed by atoms with Crippen LogP contribution in [0.25, 0.3) is 5.76 Å². The zero-order chi connectivity index (χ0) is 26.6. The second-order valence-electron chi connectivity index (χ2n) is 9.11. The zero-order valence-electron chi connectivity index (χ0n) is 20.6. The lowest BCUT2D eigenvalue weighted by Crippen LogP contribution is -3.00. The number of nitrogens with zero attached hydrogens (tertiary/aromatic N) is 1. The molecule has 1 saturated carbocycles. The number of phenols is 1. The number of halogens is 1. The fraction of sp³-hybridized carbons (Fsp3) is 0.458. The first-order valence-electron chi connectivity index (χ1n) is 11.0. The average molecular weight is 544 g/mol. The number of aliphatic hydroxyl groups excluding tert-OH is 4. The van der Waals surface area contributed by atoms with E-state index in [2.05, 4.69) is 0 Å². The Labute approximate surface area is 219 Å². The minimum absolute atomic E-state index is 0. The first-order valence-corrected chi connectivity index (χ1v) is 11.0. The molecule has 0 spiro atoms. The van der Waals surface area contributed by atoms with E-state index < -0.39 is 75.6 Å². The predicted octanol–water partition coefficient (Wildman–Crippen LogP) is -4.33. The molecule has 0 radical (unpaired) electrons. The predicted molar refractivity (Wildman–Crippen MR) is 127 cm³/mol. The maximum absolute atomic E-state index is 13.7. The van der Waals surface area contributed by atoms with Gasteiger partial charge in [-0.2, -0.15) is 0 Å². The van der Waals surface area contributed by atoms with E-state index in [1.54, 1.807) is 26.0 Å². The van der Waals surface area contributed by atoms with Crippen molar-refractivity contribution in [3.8, 4) is 5.75 Å². The molecule has 1 amide bonds. The molecule has 37 heavy (non-hydrogen) atoms. The van der Waals surface area contributed by atoms with E-state index in [-0.39, 0.29) is 35.8 Å². The highest BCUT2D eigenvalue weighted by Gasteiger charge is 2.68. The molecule has 206 valence electrons. The Hall–Kier alpha value is -3.00. The van der Waals surface area contributed by atoms with Crippen molar-refractivity contribution in [2.24, 2.45) is 17.6 Å². The number of likely N-dealkylation sites (N-methyl/N-ethyl adjacent to an activating group) is 1. The van der Waals surface area contributed by atoms with Crippen molar-refractivity contribution >= 4 is 23.2 Å². The second-order valence-corrected chi connectivity index (χ2v) is 9.11. The topological polar surface area (TPSA) is 233 Å². The molecule has 13 heteroatoms. The number of Topliss-reactive ketones (excluding diaryl/α,β-unsaturated/α-hetero) is 2. The van der Waals surface area contributed by atoms with Crippen molar-refractivity contribution in [3.63, 3.8) is 0 Å². The van der Waals surface area contributed by atoms with Gasteiger partial charge in [-0.25, -0.2) is 0 Å². The minimum Gasteiger partial charge on any atom is -1.00 e. The summed E-state index contributed by atoms with van der Waals surface area (Å²) in [5.41, 5.74) is 1.47. The molecule has 3 aliphatic carbocycles. The van der Waals surface area contributed by atoms with Gasteiger partial charge in [0.15, 0.2) is 11.4 Å². The van der Waals surface area contributed by atoms with Crippen LogP contribution in [0.3, 0.4) is 0 Å². The number of aromatic hydroxyl groups is 1. The summed E-state index contributed by atoms with van der Waals surface area (Å²) < 4.78 is 0. The van der Waals surface area contributed by atoms with Gasteiger partial charge in [0.25, 0.3) is 5.91 Å². The van der Waals surface area contributed by atoms with Crippen LogP contribution in [0.4, 0.5) is 0 Å². The maximum Gasteiger partial charge on any atom is 0.255 e. The molecule has 1 aromatic carbocycles. The number of carbonyl (C=O) groups is 3. The fourth-order valence-electron chi connectivity index (χ4n) is 5.58. The second kappa shape index (κ2) is 11.2. The van der Waals surface area contributed by atoms with Gasteiger partial charge in [-0.1, -0.05) is 19.1 Å². The number of hydrogen-bond donors (Lipinski definition) is 7.